The third-order valence-corrected chi connectivity index (χ3v) is 11.0. The minimum absolute atomic E-state index is 0.106. The molecule has 302 valence electrons. The first kappa shape index (κ1) is 56.7. The van der Waals surface area contributed by atoms with E-state index in [1.807, 2.05) is 69.2 Å². The van der Waals surface area contributed by atoms with Crippen molar-refractivity contribution in [2.24, 2.45) is 0 Å². The van der Waals surface area contributed by atoms with E-state index in [1.54, 1.807) is 0 Å². The average Bonchev–Trinajstić information content (AvgIpc) is 3.27. The molecule has 0 aliphatic carbocycles. The van der Waals surface area contributed by atoms with Crippen LogP contribution in [0.25, 0.3) is 0 Å². The number of halogens is 2. The Morgan fingerprint density at radius 3 is 0.509 bits per heavy atom. The van der Waals surface area contributed by atoms with Crippen molar-refractivity contribution in [3.63, 3.8) is 0 Å². The molecule has 2 nitrogen and oxygen atoms in total. The molecular formula is C47H65BCl2O2P2Pd. The molecule has 0 unspecified atom stereocenters. The Bertz CT molecular complexity index is 1270. The molecule has 0 heterocycles. The van der Waals surface area contributed by atoms with Crippen LogP contribution in [0, 0.1) is 0 Å². The van der Waals surface area contributed by atoms with Gasteiger partial charge in [0.1, 0.15) is 0 Å². The van der Waals surface area contributed by atoms with Crippen LogP contribution in [-0.4, -0.2) is 17.2 Å². The summed E-state index contributed by atoms with van der Waals surface area (Å²) in [5.74, 6) is 0. The van der Waals surface area contributed by atoms with Crippen molar-refractivity contribution in [1.82, 2.24) is 0 Å². The molecule has 0 aliphatic heterocycles. The molecule has 0 fully saturated rings. The molecule has 0 saturated heterocycles. The Balaban J connectivity index is -0.000000706. The molecule has 0 radical (unpaired) electrons. The number of benzene rings is 6. The van der Waals surface area contributed by atoms with Crippen LogP contribution in [-0.2, 0) is 15.9 Å². The van der Waals surface area contributed by atoms with Gasteiger partial charge in [-0.3, -0.25) is 0 Å². The van der Waals surface area contributed by atoms with Gasteiger partial charge in [-0.05, 0) is 54.5 Å². The second kappa shape index (κ2) is 42.5. The van der Waals surface area contributed by atoms with Crippen molar-refractivity contribution >= 4 is 73.8 Å². The second-order valence-corrected chi connectivity index (χ2v) is 16.2. The van der Waals surface area contributed by atoms with Crippen LogP contribution >= 0.6 is 34.9 Å². The summed E-state index contributed by atoms with van der Waals surface area (Å²) in [6, 6.07) is 64.7. The normalized spacial score (nSPS) is 8.75. The molecule has 8 heteroatoms. The Labute approximate surface area is 355 Å². The quantitative estimate of drug-likeness (QED) is 0.129. The van der Waals surface area contributed by atoms with Crippen molar-refractivity contribution in [3.8, 4) is 0 Å². The molecule has 6 aromatic rings. The van der Waals surface area contributed by atoms with Gasteiger partial charge in [0.15, 0.2) is 0 Å². The zero-order valence-electron chi connectivity index (χ0n) is 34.8. The number of hydrogen-bond acceptors (Lipinski definition) is 2. The van der Waals surface area contributed by atoms with E-state index in [-0.39, 0.29) is 15.9 Å². The molecule has 0 atom stereocenters. The topological polar surface area (TPSA) is 40.5 Å². The van der Waals surface area contributed by atoms with E-state index < -0.39 is 23.0 Å². The predicted octanol–water partition coefficient (Wildman–Crippen LogP) is 12.5. The molecular weight excluding hydrogens is 847 g/mol. The number of rotatable bonds is 6. The van der Waals surface area contributed by atoms with Crippen LogP contribution < -0.4 is 31.8 Å². The fourth-order valence-electron chi connectivity index (χ4n) is 4.36. The molecule has 2 N–H and O–H groups in total. The summed E-state index contributed by atoms with van der Waals surface area (Å²) in [6.45, 7) is 21.3. The fourth-order valence-corrected chi connectivity index (χ4v) is 8.97. The van der Waals surface area contributed by atoms with Crippen molar-refractivity contribution in [3.05, 3.63) is 182 Å². The van der Waals surface area contributed by atoms with Crippen LogP contribution in [0.15, 0.2) is 182 Å². The summed E-state index contributed by atoms with van der Waals surface area (Å²) in [5, 5.41) is 23.6. The zero-order chi connectivity index (χ0) is 42.1. The van der Waals surface area contributed by atoms with E-state index in [2.05, 4.69) is 182 Å². The monoisotopic (exact) mass is 910 g/mol. The van der Waals surface area contributed by atoms with E-state index in [0.29, 0.717) is 0 Å². The third-order valence-electron chi connectivity index (χ3n) is 6.09. The van der Waals surface area contributed by atoms with E-state index in [1.165, 1.54) is 38.7 Å². The minimum atomic E-state index is -1.17. The van der Waals surface area contributed by atoms with Gasteiger partial charge in [0.25, 0.3) is 0 Å². The van der Waals surface area contributed by atoms with Crippen LogP contribution in [0.4, 0.5) is 0 Å². The molecule has 6 aromatic carbocycles. The Kier molecular flexibility index (Phi) is 43.9. The van der Waals surface area contributed by atoms with Crippen LogP contribution in [0.2, 0.25) is 6.82 Å². The van der Waals surface area contributed by atoms with Gasteiger partial charge in [-0.1, -0.05) is 251 Å². The molecule has 0 bridgehead atoms. The summed E-state index contributed by atoms with van der Waals surface area (Å²) < 4.78 is 0. The molecule has 0 amide bonds. The van der Waals surface area contributed by atoms with Crippen molar-refractivity contribution in [1.29, 1.82) is 0 Å². The van der Waals surface area contributed by atoms with Gasteiger partial charge in [-0.25, -0.2) is 0 Å². The minimum Gasteiger partial charge on any atom is -0.0622 e. The maximum absolute atomic E-state index is 7.61. The van der Waals surface area contributed by atoms with Gasteiger partial charge in [0.2, 0.25) is 0 Å². The van der Waals surface area contributed by atoms with Gasteiger partial charge >= 0.3 is 42.1 Å². The molecule has 0 aliphatic rings. The van der Waals surface area contributed by atoms with Crippen molar-refractivity contribution in [2.45, 2.75) is 76.1 Å². The summed E-state index contributed by atoms with van der Waals surface area (Å²) in [7, 11) is 7.57. The largest absolute Gasteiger partial charge is 0.0622 e. The first-order chi connectivity index (χ1) is 27.0. The average molecular weight is 912 g/mol. The summed E-state index contributed by atoms with van der Waals surface area (Å²) >= 11 is -0.106. The van der Waals surface area contributed by atoms with Gasteiger partial charge < -0.3 is 10.0 Å². The summed E-state index contributed by atoms with van der Waals surface area (Å²) in [5.41, 5.74) is 0. The first-order valence-corrected chi connectivity index (χ1v) is 25.8. The van der Waals surface area contributed by atoms with E-state index in [4.69, 9.17) is 29.1 Å². The van der Waals surface area contributed by atoms with Gasteiger partial charge in [-0.15, -0.1) is 0 Å². The summed E-state index contributed by atoms with van der Waals surface area (Å²) in [4.78, 5) is 0. The van der Waals surface area contributed by atoms with Crippen molar-refractivity contribution in [2.75, 3.05) is 0 Å². The third kappa shape index (κ3) is 26.0. The second-order valence-electron chi connectivity index (χ2n) is 9.36. The molecule has 0 saturated carbocycles. The Morgan fingerprint density at radius 2 is 0.418 bits per heavy atom. The van der Waals surface area contributed by atoms with Gasteiger partial charge in [0.05, 0.1) is 0 Å². The SMILES string of the molecule is CB(O)O.CC.CC.CC.CC.CC.[Cl][Pd][Cl].c1ccc(P(c2ccccc2)c2ccccc2)cc1.c1ccc(P(c2ccccc2)c2ccccc2)cc1. The zero-order valence-corrected chi connectivity index (χ0v) is 39.6. The Morgan fingerprint density at radius 1 is 0.327 bits per heavy atom. The number of hydrogen-bond donors (Lipinski definition) is 2. The van der Waals surface area contributed by atoms with Crippen molar-refractivity contribution < 1.29 is 26.0 Å². The maximum atomic E-state index is 7.61. The fraction of sp³-hybridized carbons (Fsp3) is 0.234. The van der Waals surface area contributed by atoms with Crippen LogP contribution in [0.3, 0.4) is 0 Å². The molecule has 6 rings (SSSR count). The van der Waals surface area contributed by atoms with E-state index >= 15 is 0 Å². The van der Waals surface area contributed by atoms with Crippen LogP contribution in [0.1, 0.15) is 69.2 Å². The maximum Gasteiger partial charge on any atom is -0.0134 e. The smallest absolute Gasteiger partial charge is 0.0134 e. The van der Waals surface area contributed by atoms with E-state index in [9.17, 15) is 0 Å². The van der Waals surface area contributed by atoms with Gasteiger partial charge in [0, 0.05) is 0 Å². The molecule has 55 heavy (non-hydrogen) atoms. The van der Waals surface area contributed by atoms with Gasteiger partial charge in [-0.2, -0.15) is 0 Å². The Hall–Kier alpha value is -2.59. The predicted molar refractivity (Wildman–Crippen MR) is 255 cm³/mol. The molecule has 0 spiro atoms. The first-order valence-electron chi connectivity index (χ1n) is 19.1. The summed E-state index contributed by atoms with van der Waals surface area (Å²) in [6.07, 6.45) is 0. The molecule has 0 aromatic heterocycles. The van der Waals surface area contributed by atoms with E-state index in [0.717, 1.165) is 0 Å². The van der Waals surface area contributed by atoms with Crippen LogP contribution in [0.5, 0.6) is 0 Å². The standard InChI is InChI=1S/2C18H15P.5C2H6.CH5BO2.2ClH.Pd/c2*1-4-10-16(11-5-1)19(17-12-6-2-7-13-17)18-14-8-3-9-15-18;5*1-2;1-2(3)4;;;/h2*1-15H;5*1-2H3;3-4H,1H3;2*1H;/q;;;;;;;;;;+2/p-2.